The summed E-state index contributed by atoms with van der Waals surface area (Å²) in [4.78, 5) is 13.8. The van der Waals surface area contributed by atoms with E-state index in [1.165, 1.54) is 5.56 Å². The van der Waals surface area contributed by atoms with Gasteiger partial charge in [-0.3, -0.25) is 4.79 Å². The van der Waals surface area contributed by atoms with Crippen molar-refractivity contribution in [2.24, 2.45) is 7.05 Å². The van der Waals surface area contributed by atoms with Crippen molar-refractivity contribution in [3.05, 3.63) is 48.3 Å². The van der Waals surface area contributed by atoms with Crippen molar-refractivity contribution in [1.82, 2.24) is 4.57 Å². The lowest BCUT2D eigenvalue weighted by atomic mass is 10.2. The van der Waals surface area contributed by atoms with E-state index in [9.17, 15) is 4.79 Å². The molecule has 0 saturated carbocycles. The fourth-order valence-electron chi connectivity index (χ4n) is 2.62. The number of nitrogens with one attached hydrogen (secondary N) is 1. The first-order valence-electron chi connectivity index (χ1n) is 6.98. The quantitative estimate of drug-likeness (QED) is 0.926. The Hall–Kier alpha value is -2.23. The molecule has 1 N–H and O–H groups in total. The number of carbonyl (C=O) groups is 1. The van der Waals surface area contributed by atoms with Gasteiger partial charge in [-0.2, -0.15) is 0 Å². The Bertz CT molecular complexity index is 618. The maximum absolute atomic E-state index is 11.9. The van der Waals surface area contributed by atoms with Crippen LogP contribution in [0.4, 0.5) is 11.4 Å². The third-order valence-electron chi connectivity index (χ3n) is 3.64. The highest BCUT2D eigenvalue weighted by Gasteiger charge is 2.23. The molecule has 3 rings (SSSR count). The predicted octanol–water partition coefficient (Wildman–Crippen LogP) is 2.76. The average Bonchev–Trinajstić information content (AvgIpc) is 3.05. The number of rotatable bonds is 4. The summed E-state index contributed by atoms with van der Waals surface area (Å²) < 4.78 is 2.03. The summed E-state index contributed by atoms with van der Waals surface area (Å²) in [7, 11) is 2.01. The second kappa shape index (κ2) is 5.41. The first kappa shape index (κ1) is 12.8. The number of anilines is 2. The number of benzene rings is 1. The number of hydrogen-bond acceptors (Lipinski definition) is 2. The normalized spacial score (nSPS) is 14.8. The van der Waals surface area contributed by atoms with Crippen molar-refractivity contribution >= 4 is 17.3 Å². The average molecular weight is 269 g/mol. The maximum Gasteiger partial charge on any atom is 0.227 e. The fraction of sp³-hybridized carbons (Fsp3) is 0.312. The second-order valence-corrected chi connectivity index (χ2v) is 5.20. The van der Waals surface area contributed by atoms with Crippen LogP contribution in [0.15, 0.2) is 42.7 Å². The molecule has 1 saturated heterocycles. The highest BCUT2D eigenvalue weighted by molar-refractivity contribution is 5.98. The smallest absolute Gasteiger partial charge is 0.227 e. The number of hydrogen-bond donors (Lipinski definition) is 1. The van der Waals surface area contributed by atoms with E-state index in [-0.39, 0.29) is 5.91 Å². The maximum atomic E-state index is 11.9. The van der Waals surface area contributed by atoms with Crippen molar-refractivity contribution < 1.29 is 4.79 Å². The number of carbonyl (C=O) groups excluding carboxylic acids is 1. The number of aromatic nitrogens is 1. The lowest BCUT2D eigenvalue weighted by Crippen LogP contribution is -2.24. The minimum atomic E-state index is 0.221. The molecule has 0 aliphatic carbocycles. The molecular formula is C16H19N3O. The summed E-state index contributed by atoms with van der Waals surface area (Å²) in [6, 6.07) is 10.1. The summed E-state index contributed by atoms with van der Waals surface area (Å²) in [5, 5.41) is 3.43. The van der Waals surface area contributed by atoms with Crippen LogP contribution in [-0.2, 0) is 18.4 Å². The van der Waals surface area contributed by atoms with Crippen molar-refractivity contribution in [3.63, 3.8) is 0 Å². The van der Waals surface area contributed by atoms with Gasteiger partial charge in [0, 0.05) is 39.0 Å². The van der Waals surface area contributed by atoms with Crippen molar-refractivity contribution in [1.29, 1.82) is 0 Å². The molecular weight excluding hydrogens is 250 g/mol. The first-order chi connectivity index (χ1) is 9.74. The Kier molecular flexibility index (Phi) is 3.46. The molecule has 0 radical (unpaired) electrons. The van der Waals surface area contributed by atoms with Crippen molar-refractivity contribution in [2.75, 3.05) is 16.8 Å². The van der Waals surface area contributed by atoms with Gasteiger partial charge in [0.25, 0.3) is 0 Å². The Morgan fingerprint density at radius 2 is 2.10 bits per heavy atom. The predicted molar refractivity (Wildman–Crippen MR) is 80.8 cm³/mol. The Balaban J connectivity index is 1.77. The van der Waals surface area contributed by atoms with E-state index in [2.05, 4.69) is 17.6 Å². The minimum absolute atomic E-state index is 0.221. The van der Waals surface area contributed by atoms with E-state index in [1.54, 1.807) is 0 Å². The standard InChI is InChI=1S/C16H19N3O/c1-18-10-8-13(12-18)11-17-14-5-2-3-6-15(14)19-9-4-7-16(19)20/h2-3,5-6,8,10,12,17H,4,7,9,11H2,1H3. The molecule has 4 nitrogen and oxygen atoms in total. The van der Waals surface area contributed by atoms with Crippen LogP contribution in [0.5, 0.6) is 0 Å². The molecule has 2 heterocycles. The van der Waals surface area contributed by atoms with E-state index in [0.29, 0.717) is 6.42 Å². The summed E-state index contributed by atoms with van der Waals surface area (Å²) in [5.41, 5.74) is 3.24. The van der Waals surface area contributed by atoms with Gasteiger partial charge in [0.15, 0.2) is 0 Å². The first-order valence-corrected chi connectivity index (χ1v) is 6.98. The molecule has 0 unspecified atom stereocenters. The number of amides is 1. The van der Waals surface area contributed by atoms with Gasteiger partial charge < -0.3 is 14.8 Å². The zero-order valence-corrected chi connectivity index (χ0v) is 11.7. The third-order valence-corrected chi connectivity index (χ3v) is 3.64. The monoisotopic (exact) mass is 269 g/mol. The molecule has 20 heavy (non-hydrogen) atoms. The van der Waals surface area contributed by atoms with Crippen LogP contribution < -0.4 is 10.2 Å². The van der Waals surface area contributed by atoms with Gasteiger partial charge in [-0.15, -0.1) is 0 Å². The molecule has 1 amide bonds. The van der Waals surface area contributed by atoms with Crippen LogP contribution in [0.25, 0.3) is 0 Å². The van der Waals surface area contributed by atoms with Gasteiger partial charge in [-0.1, -0.05) is 12.1 Å². The van der Waals surface area contributed by atoms with Crippen LogP contribution in [0.2, 0.25) is 0 Å². The van der Waals surface area contributed by atoms with Gasteiger partial charge >= 0.3 is 0 Å². The fourth-order valence-corrected chi connectivity index (χ4v) is 2.62. The Morgan fingerprint density at radius 1 is 1.25 bits per heavy atom. The molecule has 4 heteroatoms. The van der Waals surface area contributed by atoms with Crippen LogP contribution in [0, 0.1) is 0 Å². The third kappa shape index (κ3) is 2.54. The van der Waals surface area contributed by atoms with Crippen LogP contribution in [0.3, 0.4) is 0 Å². The summed E-state index contributed by atoms with van der Waals surface area (Å²) in [5.74, 6) is 0.221. The van der Waals surface area contributed by atoms with Gasteiger partial charge in [0.05, 0.1) is 11.4 Å². The number of nitrogens with zero attached hydrogens (tertiary/aromatic N) is 2. The topological polar surface area (TPSA) is 37.3 Å². The van der Waals surface area contributed by atoms with E-state index in [4.69, 9.17) is 0 Å². The second-order valence-electron chi connectivity index (χ2n) is 5.20. The molecule has 1 aromatic heterocycles. The SMILES string of the molecule is Cn1ccc(CNc2ccccc2N2CCCC2=O)c1. The molecule has 2 aromatic rings. The zero-order chi connectivity index (χ0) is 13.9. The van der Waals surface area contributed by atoms with Gasteiger partial charge in [-0.25, -0.2) is 0 Å². The lowest BCUT2D eigenvalue weighted by Gasteiger charge is -2.20. The largest absolute Gasteiger partial charge is 0.379 e. The van der Waals surface area contributed by atoms with Gasteiger partial charge in [0.2, 0.25) is 5.91 Å². The Morgan fingerprint density at radius 3 is 2.80 bits per heavy atom. The van der Waals surface area contributed by atoms with E-state index in [0.717, 1.165) is 30.9 Å². The number of para-hydroxylation sites is 2. The van der Waals surface area contributed by atoms with Crippen LogP contribution in [0.1, 0.15) is 18.4 Å². The number of aryl methyl sites for hydroxylation is 1. The molecule has 1 aliphatic heterocycles. The van der Waals surface area contributed by atoms with Crippen molar-refractivity contribution in [2.45, 2.75) is 19.4 Å². The molecule has 0 atom stereocenters. The molecule has 1 aromatic carbocycles. The summed E-state index contributed by atoms with van der Waals surface area (Å²) in [6.45, 7) is 1.59. The van der Waals surface area contributed by atoms with Gasteiger partial charge in [-0.05, 0) is 30.2 Å². The van der Waals surface area contributed by atoms with E-state index in [1.807, 2.05) is 47.0 Å². The van der Waals surface area contributed by atoms with E-state index < -0.39 is 0 Å². The van der Waals surface area contributed by atoms with Crippen LogP contribution >= 0.6 is 0 Å². The highest BCUT2D eigenvalue weighted by Crippen LogP contribution is 2.29. The lowest BCUT2D eigenvalue weighted by molar-refractivity contribution is -0.117. The molecule has 1 aliphatic rings. The van der Waals surface area contributed by atoms with Gasteiger partial charge in [0.1, 0.15) is 0 Å². The molecule has 104 valence electrons. The highest BCUT2D eigenvalue weighted by atomic mass is 16.2. The molecule has 0 spiro atoms. The minimum Gasteiger partial charge on any atom is -0.379 e. The van der Waals surface area contributed by atoms with Crippen molar-refractivity contribution in [3.8, 4) is 0 Å². The zero-order valence-electron chi connectivity index (χ0n) is 11.7. The molecule has 0 bridgehead atoms. The summed E-state index contributed by atoms with van der Waals surface area (Å²) >= 11 is 0. The molecule has 1 fully saturated rings. The van der Waals surface area contributed by atoms with E-state index >= 15 is 0 Å². The van der Waals surface area contributed by atoms with Crippen LogP contribution in [-0.4, -0.2) is 17.0 Å². The summed E-state index contributed by atoms with van der Waals surface area (Å²) in [6.07, 6.45) is 5.74. The Labute approximate surface area is 119 Å².